The van der Waals surface area contributed by atoms with Gasteiger partial charge in [0.1, 0.15) is 0 Å². The Morgan fingerprint density at radius 1 is 1.19 bits per heavy atom. The van der Waals surface area contributed by atoms with Crippen molar-refractivity contribution in [2.24, 2.45) is 0 Å². The number of hydrogen-bond acceptors (Lipinski definition) is 4. The summed E-state index contributed by atoms with van der Waals surface area (Å²) in [7, 11) is 0. The number of morpholine rings is 1. The fourth-order valence-corrected chi connectivity index (χ4v) is 3.82. The minimum Gasteiger partial charge on any atom is -0.378 e. The second kappa shape index (κ2) is 7.56. The lowest BCUT2D eigenvalue weighted by molar-refractivity contribution is -0.151. The maximum absolute atomic E-state index is 12.5. The van der Waals surface area contributed by atoms with Crippen LogP contribution in [0.25, 0.3) is 0 Å². The molecule has 0 spiro atoms. The van der Waals surface area contributed by atoms with E-state index in [4.69, 9.17) is 9.47 Å². The maximum Gasteiger partial charge on any atom is 0.225 e. The van der Waals surface area contributed by atoms with Gasteiger partial charge in [-0.2, -0.15) is 0 Å². The molecule has 5 nitrogen and oxygen atoms in total. The van der Waals surface area contributed by atoms with Crippen LogP contribution in [0.1, 0.15) is 44.9 Å². The summed E-state index contributed by atoms with van der Waals surface area (Å²) in [6.45, 7) is 4.09. The average Bonchev–Trinajstić information content (AvgIpc) is 2.55. The maximum atomic E-state index is 12.5. The van der Waals surface area contributed by atoms with Crippen molar-refractivity contribution in [1.29, 1.82) is 0 Å². The molecule has 2 atom stereocenters. The highest BCUT2D eigenvalue weighted by Crippen LogP contribution is 2.28. The number of rotatable bonds is 4. The van der Waals surface area contributed by atoms with Gasteiger partial charge in [-0.1, -0.05) is 12.8 Å². The SMILES string of the molecule is O=C(CCOC1CCNCC1)N1CCOC2CCCCC21. The average molecular weight is 296 g/mol. The molecule has 1 aliphatic carbocycles. The van der Waals surface area contributed by atoms with Crippen molar-refractivity contribution in [3.05, 3.63) is 0 Å². The van der Waals surface area contributed by atoms with Gasteiger partial charge in [0.15, 0.2) is 0 Å². The first-order chi connectivity index (χ1) is 10.3. The van der Waals surface area contributed by atoms with Gasteiger partial charge in [-0.05, 0) is 38.8 Å². The molecule has 1 saturated carbocycles. The number of fused-ring (bicyclic) bond motifs is 1. The largest absolute Gasteiger partial charge is 0.378 e. The van der Waals surface area contributed by atoms with Crippen molar-refractivity contribution >= 4 is 5.91 Å². The molecule has 3 aliphatic rings. The topological polar surface area (TPSA) is 50.8 Å². The first-order valence-electron chi connectivity index (χ1n) is 8.58. The first-order valence-corrected chi connectivity index (χ1v) is 8.58. The highest BCUT2D eigenvalue weighted by atomic mass is 16.5. The molecule has 0 aromatic rings. The van der Waals surface area contributed by atoms with E-state index in [1.54, 1.807) is 0 Å². The number of ether oxygens (including phenoxy) is 2. The van der Waals surface area contributed by atoms with Crippen LogP contribution in [0, 0.1) is 0 Å². The molecule has 0 aromatic carbocycles. The molecule has 1 N–H and O–H groups in total. The molecule has 3 rings (SSSR count). The third-order valence-electron chi connectivity index (χ3n) is 5.01. The highest BCUT2D eigenvalue weighted by Gasteiger charge is 2.36. The van der Waals surface area contributed by atoms with Gasteiger partial charge in [0, 0.05) is 6.54 Å². The van der Waals surface area contributed by atoms with Gasteiger partial charge in [0.05, 0.1) is 37.9 Å². The minimum absolute atomic E-state index is 0.254. The van der Waals surface area contributed by atoms with Crippen molar-refractivity contribution in [3.63, 3.8) is 0 Å². The van der Waals surface area contributed by atoms with Crippen molar-refractivity contribution in [2.75, 3.05) is 32.8 Å². The fraction of sp³-hybridized carbons (Fsp3) is 0.938. The summed E-state index contributed by atoms with van der Waals surface area (Å²) in [5, 5.41) is 3.33. The molecular formula is C16H28N2O3. The molecule has 0 bridgehead atoms. The summed E-state index contributed by atoms with van der Waals surface area (Å²) in [5.74, 6) is 0.254. The van der Waals surface area contributed by atoms with Crippen molar-refractivity contribution in [2.45, 2.75) is 63.2 Å². The molecule has 2 aliphatic heterocycles. The van der Waals surface area contributed by atoms with Crippen molar-refractivity contribution < 1.29 is 14.3 Å². The number of nitrogens with zero attached hydrogens (tertiary/aromatic N) is 1. The Hall–Kier alpha value is -0.650. The van der Waals surface area contributed by atoms with E-state index in [2.05, 4.69) is 10.2 Å². The standard InChI is InChI=1S/C16H28N2O3/c19-16(7-11-20-13-5-8-17-9-6-13)18-10-12-21-15-4-2-1-3-14(15)18/h13-15,17H,1-12H2. The van der Waals surface area contributed by atoms with Gasteiger partial charge in [0.25, 0.3) is 0 Å². The second-order valence-corrected chi connectivity index (χ2v) is 6.42. The Morgan fingerprint density at radius 2 is 2.00 bits per heavy atom. The predicted molar refractivity (Wildman–Crippen MR) is 80.2 cm³/mol. The third kappa shape index (κ3) is 3.96. The van der Waals surface area contributed by atoms with Crippen LogP contribution in [0.15, 0.2) is 0 Å². The van der Waals surface area contributed by atoms with Crippen LogP contribution in [0.2, 0.25) is 0 Å². The number of carbonyl (C=O) groups is 1. The molecule has 3 fully saturated rings. The fourth-order valence-electron chi connectivity index (χ4n) is 3.82. The zero-order valence-electron chi connectivity index (χ0n) is 12.9. The summed E-state index contributed by atoms with van der Waals surface area (Å²) in [4.78, 5) is 14.5. The van der Waals surface area contributed by atoms with Crippen molar-refractivity contribution in [3.8, 4) is 0 Å². The van der Waals surface area contributed by atoms with Crippen LogP contribution in [0.4, 0.5) is 0 Å². The van der Waals surface area contributed by atoms with Gasteiger partial charge in [0.2, 0.25) is 5.91 Å². The van der Waals surface area contributed by atoms with Crippen LogP contribution in [0.5, 0.6) is 0 Å². The van der Waals surface area contributed by atoms with Gasteiger partial charge in [-0.15, -0.1) is 0 Å². The predicted octanol–water partition coefficient (Wildman–Crippen LogP) is 1.32. The van der Waals surface area contributed by atoms with Crippen LogP contribution in [0.3, 0.4) is 0 Å². The zero-order valence-corrected chi connectivity index (χ0v) is 12.9. The molecule has 0 aromatic heterocycles. The normalized spacial score (nSPS) is 31.0. The van der Waals surface area contributed by atoms with E-state index in [9.17, 15) is 4.79 Å². The Morgan fingerprint density at radius 3 is 2.86 bits per heavy atom. The van der Waals surface area contributed by atoms with Gasteiger partial charge < -0.3 is 19.7 Å². The zero-order chi connectivity index (χ0) is 14.5. The van der Waals surface area contributed by atoms with E-state index >= 15 is 0 Å². The molecule has 1 amide bonds. The number of piperidine rings is 1. The van der Waals surface area contributed by atoms with Crippen LogP contribution in [-0.4, -0.2) is 61.9 Å². The van der Waals surface area contributed by atoms with Crippen molar-refractivity contribution in [1.82, 2.24) is 10.2 Å². The Labute approximate surface area is 127 Å². The van der Waals surface area contributed by atoms with Crippen LogP contribution >= 0.6 is 0 Å². The number of amides is 1. The Bertz CT molecular complexity index is 342. The number of carbonyl (C=O) groups excluding carboxylic acids is 1. The van der Waals surface area contributed by atoms with E-state index < -0.39 is 0 Å². The highest BCUT2D eigenvalue weighted by molar-refractivity contribution is 5.76. The summed E-state index contributed by atoms with van der Waals surface area (Å²) in [5.41, 5.74) is 0. The lowest BCUT2D eigenvalue weighted by Crippen LogP contribution is -2.55. The van der Waals surface area contributed by atoms with Gasteiger partial charge in [-0.3, -0.25) is 4.79 Å². The molecule has 2 heterocycles. The quantitative estimate of drug-likeness (QED) is 0.850. The number of hydrogen-bond donors (Lipinski definition) is 1. The molecule has 2 saturated heterocycles. The summed E-state index contributed by atoms with van der Waals surface area (Å²) in [6, 6.07) is 0.318. The lowest BCUT2D eigenvalue weighted by Gasteiger charge is -2.43. The summed E-state index contributed by atoms with van der Waals surface area (Å²) < 4.78 is 11.7. The van der Waals surface area contributed by atoms with Crippen LogP contribution in [-0.2, 0) is 14.3 Å². The molecule has 2 unspecified atom stereocenters. The number of nitrogens with one attached hydrogen (secondary N) is 1. The van der Waals surface area contributed by atoms with E-state index in [0.717, 1.165) is 45.3 Å². The van der Waals surface area contributed by atoms with Crippen LogP contribution < -0.4 is 5.32 Å². The first kappa shape index (κ1) is 15.3. The Kier molecular flexibility index (Phi) is 5.49. The van der Waals surface area contributed by atoms with E-state index in [0.29, 0.717) is 31.8 Å². The molecule has 0 radical (unpaired) electrons. The molecule has 120 valence electrons. The molecule has 5 heteroatoms. The third-order valence-corrected chi connectivity index (χ3v) is 5.01. The monoisotopic (exact) mass is 296 g/mol. The summed E-state index contributed by atoms with van der Waals surface area (Å²) in [6.07, 6.45) is 7.95. The smallest absolute Gasteiger partial charge is 0.225 e. The van der Waals surface area contributed by atoms with Gasteiger partial charge >= 0.3 is 0 Å². The summed E-state index contributed by atoms with van der Waals surface area (Å²) >= 11 is 0. The lowest BCUT2D eigenvalue weighted by atomic mass is 9.90. The van der Waals surface area contributed by atoms with E-state index in [1.165, 1.54) is 12.8 Å². The van der Waals surface area contributed by atoms with E-state index in [-0.39, 0.29) is 12.0 Å². The Balaban J connectivity index is 1.43. The van der Waals surface area contributed by atoms with E-state index in [1.807, 2.05) is 0 Å². The minimum atomic E-state index is 0.254. The molecule has 21 heavy (non-hydrogen) atoms. The molecular weight excluding hydrogens is 268 g/mol. The second-order valence-electron chi connectivity index (χ2n) is 6.42. The van der Waals surface area contributed by atoms with Gasteiger partial charge in [-0.25, -0.2) is 0 Å².